The van der Waals surface area contributed by atoms with Gasteiger partial charge in [-0.1, -0.05) is 0 Å². The van der Waals surface area contributed by atoms with Crippen LogP contribution in [0, 0.1) is 0 Å². The lowest BCUT2D eigenvalue weighted by molar-refractivity contribution is -0.139. The minimum Gasteiger partial charge on any atom is -0.338 e. The summed E-state index contributed by atoms with van der Waals surface area (Å²) < 4.78 is 26.3. The summed E-state index contributed by atoms with van der Waals surface area (Å²) in [4.78, 5) is 13.2. The van der Waals surface area contributed by atoms with Crippen molar-refractivity contribution in [2.75, 3.05) is 19.6 Å². The Kier molecular flexibility index (Phi) is 4.50. The van der Waals surface area contributed by atoms with E-state index in [1.807, 2.05) is 0 Å². The van der Waals surface area contributed by atoms with Gasteiger partial charge in [-0.2, -0.15) is 0 Å². The second-order valence-corrected chi connectivity index (χ2v) is 4.39. The summed E-state index contributed by atoms with van der Waals surface area (Å²) in [5.41, 5.74) is 0. The van der Waals surface area contributed by atoms with Crippen LogP contribution in [0.4, 0.5) is 8.78 Å². The first-order valence-electron chi connectivity index (χ1n) is 5.46. The third-order valence-corrected chi connectivity index (χ3v) is 3.10. The molecule has 2 saturated heterocycles. The average molecular weight is 255 g/mol. The molecule has 0 radical (unpaired) electrons. The maximum absolute atomic E-state index is 13.1. The van der Waals surface area contributed by atoms with Crippen molar-refractivity contribution in [2.24, 2.45) is 0 Å². The van der Waals surface area contributed by atoms with E-state index < -0.39 is 5.92 Å². The first-order chi connectivity index (χ1) is 7.08. The predicted octanol–water partition coefficient (Wildman–Crippen LogP) is 1.42. The van der Waals surface area contributed by atoms with Gasteiger partial charge in [0.05, 0.1) is 6.54 Å². The Balaban J connectivity index is 0.00000128. The summed E-state index contributed by atoms with van der Waals surface area (Å²) in [6, 6.07) is -0.318. The molecule has 2 rings (SSSR count). The molecule has 0 aliphatic carbocycles. The Morgan fingerprint density at radius 1 is 1.38 bits per heavy atom. The lowest BCUT2D eigenvalue weighted by Gasteiger charge is -2.39. The molecule has 0 aromatic heterocycles. The molecule has 0 aromatic rings. The standard InChI is InChI=1S/C10H16F2N2O.ClH/c11-10(12)5-8(6-13-7-10)14-4-2-1-3-9(14)15;/h8,13H,1-7H2;1H/t8-;/m0./s1. The molecule has 0 unspecified atom stereocenters. The van der Waals surface area contributed by atoms with Gasteiger partial charge in [-0.3, -0.25) is 4.79 Å². The number of carbonyl (C=O) groups excluding carboxylic acids is 1. The van der Waals surface area contributed by atoms with Crippen molar-refractivity contribution >= 4 is 18.3 Å². The molecule has 0 aromatic carbocycles. The van der Waals surface area contributed by atoms with Crippen molar-refractivity contribution in [1.29, 1.82) is 0 Å². The zero-order chi connectivity index (χ0) is 10.9. The van der Waals surface area contributed by atoms with Gasteiger partial charge in [0, 0.05) is 32.0 Å². The SMILES string of the molecule is Cl.O=C1CCCCN1[C@@H]1CNCC(F)(F)C1. The smallest absolute Gasteiger partial charge is 0.262 e. The van der Waals surface area contributed by atoms with Crippen LogP contribution in [-0.2, 0) is 4.79 Å². The molecule has 1 amide bonds. The molecule has 16 heavy (non-hydrogen) atoms. The monoisotopic (exact) mass is 254 g/mol. The highest BCUT2D eigenvalue weighted by molar-refractivity contribution is 5.85. The summed E-state index contributed by atoms with van der Waals surface area (Å²) in [5, 5.41) is 2.70. The van der Waals surface area contributed by atoms with Gasteiger partial charge in [0.25, 0.3) is 5.92 Å². The van der Waals surface area contributed by atoms with Crippen LogP contribution >= 0.6 is 12.4 Å². The van der Waals surface area contributed by atoms with E-state index in [2.05, 4.69) is 5.32 Å². The van der Waals surface area contributed by atoms with Crippen molar-refractivity contribution in [2.45, 2.75) is 37.6 Å². The number of halogens is 3. The second-order valence-electron chi connectivity index (χ2n) is 4.39. The van der Waals surface area contributed by atoms with Crippen molar-refractivity contribution in [3.8, 4) is 0 Å². The number of hydrogen-bond donors (Lipinski definition) is 1. The number of amides is 1. The van der Waals surface area contributed by atoms with Crippen molar-refractivity contribution in [1.82, 2.24) is 10.2 Å². The van der Waals surface area contributed by atoms with Crippen molar-refractivity contribution < 1.29 is 13.6 Å². The minimum atomic E-state index is -2.67. The Morgan fingerprint density at radius 3 is 2.75 bits per heavy atom. The van der Waals surface area contributed by atoms with Crippen LogP contribution < -0.4 is 5.32 Å². The van der Waals surface area contributed by atoms with Gasteiger partial charge in [0.15, 0.2) is 0 Å². The Bertz CT molecular complexity index is 263. The van der Waals surface area contributed by atoms with Crippen molar-refractivity contribution in [3.63, 3.8) is 0 Å². The highest BCUT2D eigenvalue weighted by atomic mass is 35.5. The number of nitrogens with zero attached hydrogens (tertiary/aromatic N) is 1. The minimum absolute atomic E-state index is 0. The topological polar surface area (TPSA) is 32.3 Å². The third kappa shape index (κ3) is 3.04. The van der Waals surface area contributed by atoms with Crippen LogP contribution in [0.5, 0.6) is 0 Å². The largest absolute Gasteiger partial charge is 0.338 e. The average Bonchev–Trinajstić information content (AvgIpc) is 2.17. The number of hydrogen-bond acceptors (Lipinski definition) is 2. The Labute approximate surface area is 100.0 Å². The fourth-order valence-corrected chi connectivity index (χ4v) is 2.34. The highest BCUT2D eigenvalue weighted by Gasteiger charge is 2.40. The van der Waals surface area contributed by atoms with Crippen molar-refractivity contribution in [3.05, 3.63) is 0 Å². The number of likely N-dealkylation sites (tertiary alicyclic amines) is 1. The van der Waals surface area contributed by atoms with E-state index in [1.54, 1.807) is 4.90 Å². The molecule has 94 valence electrons. The number of nitrogens with one attached hydrogen (secondary N) is 1. The molecular weight excluding hydrogens is 238 g/mol. The van der Waals surface area contributed by atoms with Gasteiger partial charge in [-0.15, -0.1) is 12.4 Å². The van der Waals surface area contributed by atoms with E-state index in [0.717, 1.165) is 12.8 Å². The quantitative estimate of drug-likeness (QED) is 0.768. The zero-order valence-electron chi connectivity index (χ0n) is 9.05. The fraction of sp³-hybridized carbons (Fsp3) is 0.900. The molecule has 0 saturated carbocycles. The van der Waals surface area contributed by atoms with Gasteiger partial charge in [0.2, 0.25) is 5.91 Å². The van der Waals surface area contributed by atoms with Gasteiger partial charge >= 0.3 is 0 Å². The van der Waals surface area contributed by atoms with E-state index in [9.17, 15) is 13.6 Å². The van der Waals surface area contributed by atoms with Gasteiger partial charge in [-0.25, -0.2) is 8.78 Å². The van der Waals surface area contributed by atoms with Crippen LogP contribution in [0.25, 0.3) is 0 Å². The first kappa shape index (κ1) is 13.6. The number of rotatable bonds is 1. The normalized spacial score (nSPS) is 29.8. The Hall–Kier alpha value is -0.420. The summed E-state index contributed by atoms with van der Waals surface area (Å²) in [6.07, 6.45) is 2.16. The maximum Gasteiger partial charge on any atom is 0.262 e. The van der Waals surface area contributed by atoms with Gasteiger partial charge in [-0.05, 0) is 12.8 Å². The van der Waals surface area contributed by atoms with Crippen LogP contribution in [0.15, 0.2) is 0 Å². The maximum atomic E-state index is 13.1. The second kappa shape index (κ2) is 5.27. The van der Waals surface area contributed by atoms with E-state index in [1.165, 1.54) is 0 Å². The molecular formula is C10H17ClF2N2O. The lowest BCUT2D eigenvalue weighted by atomic mass is 9.99. The van der Waals surface area contributed by atoms with Crippen LogP contribution in [-0.4, -0.2) is 42.4 Å². The van der Waals surface area contributed by atoms with Gasteiger partial charge < -0.3 is 10.2 Å². The molecule has 1 atom stereocenters. The van der Waals surface area contributed by atoms with E-state index in [0.29, 0.717) is 19.5 Å². The molecule has 2 aliphatic rings. The van der Waals surface area contributed by atoms with E-state index in [-0.39, 0.29) is 37.3 Å². The van der Waals surface area contributed by atoms with Crippen LogP contribution in [0.3, 0.4) is 0 Å². The molecule has 2 fully saturated rings. The molecule has 6 heteroatoms. The fourth-order valence-electron chi connectivity index (χ4n) is 2.34. The third-order valence-electron chi connectivity index (χ3n) is 3.10. The molecule has 2 aliphatic heterocycles. The number of alkyl halides is 2. The first-order valence-corrected chi connectivity index (χ1v) is 5.46. The van der Waals surface area contributed by atoms with Crippen LogP contribution in [0.1, 0.15) is 25.7 Å². The van der Waals surface area contributed by atoms with Gasteiger partial charge in [0.1, 0.15) is 0 Å². The van der Waals surface area contributed by atoms with Crippen LogP contribution in [0.2, 0.25) is 0 Å². The summed E-state index contributed by atoms with van der Waals surface area (Å²) in [7, 11) is 0. The predicted molar refractivity (Wildman–Crippen MR) is 59.0 cm³/mol. The van der Waals surface area contributed by atoms with E-state index >= 15 is 0 Å². The molecule has 2 heterocycles. The Morgan fingerprint density at radius 2 is 2.12 bits per heavy atom. The molecule has 0 bridgehead atoms. The molecule has 0 spiro atoms. The molecule has 3 nitrogen and oxygen atoms in total. The zero-order valence-corrected chi connectivity index (χ0v) is 9.86. The number of carbonyl (C=O) groups is 1. The van der Waals surface area contributed by atoms with E-state index in [4.69, 9.17) is 0 Å². The summed E-state index contributed by atoms with van der Waals surface area (Å²) >= 11 is 0. The number of piperidine rings is 2. The molecule has 1 N–H and O–H groups in total. The summed E-state index contributed by atoms with van der Waals surface area (Å²) in [6.45, 7) is 0.883. The highest BCUT2D eigenvalue weighted by Crippen LogP contribution is 2.27. The lowest BCUT2D eigenvalue weighted by Crippen LogP contribution is -2.56. The summed E-state index contributed by atoms with van der Waals surface area (Å²) in [5.74, 6) is -2.63.